The molecule has 0 bridgehead atoms. The van der Waals surface area contributed by atoms with Crippen molar-refractivity contribution >= 4 is 22.8 Å². The first-order valence-electron chi connectivity index (χ1n) is 13.0. The van der Waals surface area contributed by atoms with Gasteiger partial charge in [0.05, 0.1) is 19.7 Å². The zero-order chi connectivity index (χ0) is 28.9. The number of fused-ring (bicyclic) bond motifs is 1. The summed E-state index contributed by atoms with van der Waals surface area (Å²) in [4.78, 5) is 29.6. The van der Waals surface area contributed by atoms with Gasteiger partial charge in [0.15, 0.2) is 11.5 Å². The number of carbonyl (C=O) groups is 2. The van der Waals surface area contributed by atoms with Crippen LogP contribution in [0.3, 0.4) is 0 Å². The van der Waals surface area contributed by atoms with E-state index in [1.54, 1.807) is 42.5 Å². The number of para-hydroxylation sites is 2. The van der Waals surface area contributed by atoms with E-state index in [0.717, 1.165) is 0 Å². The van der Waals surface area contributed by atoms with E-state index in [1.165, 1.54) is 29.9 Å². The third-order valence-corrected chi connectivity index (χ3v) is 6.96. The van der Waals surface area contributed by atoms with E-state index >= 15 is 0 Å². The van der Waals surface area contributed by atoms with Crippen molar-refractivity contribution in [2.24, 2.45) is 0 Å². The number of nitrogens with zero attached hydrogens (tertiary/aromatic N) is 4. The van der Waals surface area contributed by atoms with Crippen LogP contribution in [-0.2, 0) is 22.7 Å². The first-order chi connectivity index (χ1) is 19.2. The van der Waals surface area contributed by atoms with Crippen LogP contribution in [0, 0.1) is 5.82 Å². The van der Waals surface area contributed by atoms with Gasteiger partial charge in [-0.05, 0) is 44.5 Å². The zero-order valence-corrected chi connectivity index (χ0v) is 23.3. The average molecular weight is 548 g/mol. The topological polar surface area (TPSA) is 98.6 Å². The van der Waals surface area contributed by atoms with Gasteiger partial charge in [0.25, 0.3) is 0 Å². The Morgan fingerprint density at radius 1 is 1.02 bits per heavy atom. The van der Waals surface area contributed by atoms with Gasteiger partial charge in [0.2, 0.25) is 11.8 Å². The Morgan fingerprint density at radius 2 is 1.75 bits per heavy atom. The third-order valence-electron chi connectivity index (χ3n) is 6.96. The van der Waals surface area contributed by atoms with E-state index in [0.29, 0.717) is 34.5 Å². The lowest BCUT2D eigenvalue weighted by Crippen LogP contribution is -2.50. The maximum Gasteiger partial charge on any atom is 0.248 e. The lowest BCUT2D eigenvalue weighted by molar-refractivity contribution is -0.143. The van der Waals surface area contributed by atoms with Crippen molar-refractivity contribution in [2.75, 3.05) is 14.2 Å². The number of nitrogens with one attached hydrogen (secondary N) is 1. The summed E-state index contributed by atoms with van der Waals surface area (Å²) in [5.41, 5.74) is 1.38. The molecular weight excluding hydrogens is 513 g/mol. The highest BCUT2D eigenvalue weighted by atomic mass is 19.1. The van der Waals surface area contributed by atoms with E-state index in [-0.39, 0.29) is 18.7 Å². The third kappa shape index (κ3) is 6.06. The van der Waals surface area contributed by atoms with Gasteiger partial charge in [-0.1, -0.05) is 54.6 Å². The largest absolute Gasteiger partial charge is 0.493 e. The second kappa shape index (κ2) is 12.1. The zero-order valence-electron chi connectivity index (χ0n) is 23.3. The predicted octanol–water partition coefficient (Wildman–Crippen LogP) is 4.66. The van der Waals surface area contributed by atoms with Crippen molar-refractivity contribution in [3.63, 3.8) is 0 Å². The number of methoxy groups -OCH3 is 2. The molecule has 210 valence electrons. The molecule has 10 heteroatoms. The van der Waals surface area contributed by atoms with Gasteiger partial charge in [0, 0.05) is 23.2 Å². The van der Waals surface area contributed by atoms with Crippen molar-refractivity contribution in [2.45, 2.75) is 51.9 Å². The molecule has 1 N–H and O–H groups in total. The molecule has 1 heterocycles. The number of carbonyl (C=O) groups excluding carboxylic acids is 2. The second-order valence-electron chi connectivity index (χ2n) is 10.1. The number of aromatic nitrogens is 3. The number of hydrogen-bond donors (Lipinski definition) is 1. The fourth-order valence-electron chi connectivity index (χ4n) is 4.45. The highest BCUT2D eigenvalue weighted by molar-refractivity contribution is 5.90. The molecule has 40 heavy (non-hydrogen) atoms. The standard InChI is InChI=1S/C30H34FN5O4/c1-6-30(2,3)32-29(38)27(21-13-11-17-25(39-4)28(21)40-5)35(18-20-12-7-8-14-22(20)31)26(37)19-36-24-16-10-9-15-23(24)33-34-36/h7-17,27H,6,18-19H2,1-5H3,(H,32,38). The highest BCUT2D eigenvalue weighted by Crippen LogP contribution is 2.38. The van der Waals surface area contributed by atoms with Crippen LogP contribution in [0.15, 0.2) is 66.7 Å². The molecule has 4 aromatic rings. The molecule has 3 aromatic carbocycles. The summed E-state index contributed by atoms with van der Waals surface area (Å²) in [5.74, 6) is -0.688. The molecule has 4 rings (SSSR count). The molecule has 2 amide bonds. The van der Waals surface area contributed by atoms with Crippen LogP contribution in [0.2, 0.25) is 0 Å². The summed E-state index contributed by atoms with van der Waals surface area (Å²) in [6.07, 6.45) is 0.646. The predicted molar refractivity (Wildman–Crippen MR) is 149 cm³/mol. The van der Waals surface area contributed by atoms with Crippen LogP contribution in [0.25, 0.3) is 11.0 Å². The molecule has 1 atom stereocenters. The van der Waals surface area contributed by atoms with Crippen LogP contribution in [0.5, 0.6) is 11.5 Å². The minimum absolute atomic E-state index is 0.177. The van der Waals surface area contributed by atoms with Gasteiger partial charge in [0.1, 0.15) is 23.9 Å². The van der Waals surface area contributed by atoms with Gasteiger partial charge < -0.3 is 19.7 Å². The van der Waals surface area contributed by atoms with Gasteiger partial charge in [-0.25, -0.2) is 9.07 Å². The van der Waals surface area contributed by atoms with Gasteiger partial charge in [-0.3, -0.25) is 9.59 Å². The molecule has 9 nitrogen and oxygen atoms in total. The molecule has 0 radical (unpaired) electrons. The highest BCUT2D eigenvalue weighted by Gasteiger charge is 2.37. The van der Waals surface area contributed by atoms with E-state index < -0.39 is 29.2 Å². The monoisotopic (exact) mass is 547 g/mol. The summed E-state index contributed by atoms with van der Waals surface area (Å²) < 4.78 is 27.6. The molecule has 0 spiro atoms. The number of halogens is 1. The van der Waals surface area contributed by atoms with Crippen molar-refractivity contribution in [1.29, 1.82) is 0 Å². The number of benzene rings is 3. The molecule has 0 fully saturated rings. The number of amides is 2. The van der Waals surface area contributed by atoms with Crippen LogP contribution >= 0.6 is 0 Å². The Bertz CT molecular complexity index is 1500. The Hall–Kier alpha value is -4.47. The van der Waals surface area contributed by atoms with Crippen LogP contribution in [-0.4, -0.2) is 51.5 Å². The Morgan fingerprint density at radius 3 is 2.45 bits per heavy atom. The Labute approximate surface area is 232 Å². The molecule has 0 aliphatic carbocycles. The van der Waals surface area contributed by atoms with Gasteiger partial charge in [-0.15, -0.1) is 5.10 Å². The molecule has 1 aromatic heterocycles. The maximum absolute atomic E-state index is 14.9. The number of hydrogen-bond acceptors (Lipinski definition) is 6. The normalized spacial score (nSPS) is 12.2. The summed E-state index contributed by atoms with van der Waals surface area (Å²) in [6.45, 7) is 5.36. The van der Waals surface area contributed by atoms with Crippen LogP contribution < -0.4 is 14.8 Å². The Balaban J connectivity index is 1.87. The number of rotatable bonds is 11. The quantitative estimate of drug-likeness (QED) is 0.293. The van der Waals surface area contributed by atoms with Gasteiger partial charge >= 0.3 is 0 Å². The molecule has 0 aliphatic heterocycles. The van der Waals surface area contributed by atoms with Crippen molar-refractivity contribution in [3.8, 4) is 11.5 Å². The SMILES string of the molecule is CCC(C)(C)NC(=O)C(c1cccc(OC)c1OC)N(Cc1ccccc1F)C(=O)Cn1nnc2ccccc21. The summed E-state index contributed by atoms with van der Waals surface area (Å²) in [6, 6.07) is 17.4. The van der Waals surface area contributed by atoms with Crippen molar-refractivity contribution in [3.05, 3.63) is 83.7 Å². The lowest BCUT2D eigenvalue weighted by atomic mass is 9.97. The van der Waals surface area contributed by atoms with E-state index in [1.807, 2.05) is 39.0 Å². The van der Waals surface area contributed by atoms with E-state index in [2.05, 4.69) is 15.6 Å². The molecule has 1 unspecified atom stereocenters. The minimum atomic E-state index is -1.18. The van der Waals surface area contributed by atoms with Crippen LogP contribution in [0.1, 0.15) is 44.4 Å². The smallest absolute Gasteiger partial charge is 0.248 e. The molecule has 0 aliphatic rings. The van der Waals surface area contributed by atoms with Gasteiger partial charge in [-0.2, -0.15) is 0 Å². The Kier molecular flexibility index (Phi) is 8.67. The van der Waals surface area contributed by atoms with E-state index in [9.17, 15) is 14.0 Å². The fraction of sp³-hybridized carbons (Fsp3) is 0.333. The molecule has 0 saturated carbocycles. The fourth-order valence-corrected chi connectivity index (χ4v) is 4.45. The van der Waals surface area contributed by atoms with E-state index in [4.69, 9.17) is 9.47 Å². The second-order valence-corrected chi connectivity index (χ2v) is 10.1. The summed E-state index contributed by atoms with van der Waals surface area (Å²) in [5, 5.41) is 11.4. The first kappa shape index (κ1) is 28.5. The molecule has 0 saturated heterocycles. The lowest BCUT2D eigenvalue weighted by Gasteiger charge is -2.35. The number of ether oxygens (including phenoxy) is 2. The van der Waals surface area contributed by atoms with Crippen molar-refractivity contribution in [1.82, 2.24) is 25.2 Å². The maximum atomic E-state index is 14.9. The molecular formula is C30H34FN5O4. The first-order valence-corrected chi connectivity index (χ1v) is 13.0. The summed E-state index contributed by atoms with van der Waals surface area (Å²) in [7, 11) is 2.96. The van der Waals surface area contributed by atoms with Crippen molar-refractivity contribution < 1.29 is 23.5 Å². The minimum Gasteiger partial charge on any atom is -0.493 e. The summed E-state index contributed by atoms with van der Waals surface area (Å²) >= 11 is 0. The average Bonchev–Trinajstić information content (AvgIpc) is 3.35. The van der Waals surface area contributed by atoms with Crippen LogP contribution in [0.4, 0.5) is 4.39 Å².